The molecule has 4 heterocycles. The van der Waals surface area contributed by atoms with Crippen molar-refractivity contribution in [3.63, 3.8) is 0 Å². The molecule has 8 bridgehead atoms. The van der Waals surface area contributed by atoms with Crippen LogP contribution in [0.4, 0.5) is 0 Å². The summed E-state index contributed by atoms with van der Waals surface area (Å²) in [7, 11) is 0. The molecule has 0 N–H and O–H groups in total. The number of hydrogen-bond donors (Lipinski definition) is 0. The molecule has 0 unspecified atom stereocenters. The standard InChI is InChI=1S/C60H60N4O4/c1-35-9-13-53(61-31-35)55-15-11-37(33-63-55)17-51-39-19-43-27-49(65)29-45(57(43)67)21-41-25-48(60(6,7)8)26-42(52(41)18-38-12-16-56(64-34-38)54-14-10-36(2)32-62-54)22-46-30-50(66)28-44(58(46)68)20-40(51)24-47(23-39)59(3,4)5/h9-16,23-34,47-48,51-52H,17-22H2,1-8H3. The number of rotatable bonds is 6. The van der Waals surface area contributed by atoms with Gasteiger partial charge in [-0.3, -0.25) is 39.1 Å². The highest BCUT2D eigenvalue weighted by Crippen LogP contribution is 2.47. The molecule has 0 radical (unpaired) electrons. The number of aryl methyl sites for hydroxylation is 2. The van der Waals surface area contributed by atoms with Crippen LogP contribution in [-0.2, 0) is 32.0 Å². The van der Waals surface area contributed by atoms with Crippen LogP contribution in [-0.4, -0.2) is 43.1 Å². The number of pyridine rings is 4. The molecule has 1 saturated carbocycles. The quantitative estimate of drug-likeness (QED) is 0.139. The third-order valence-corrected chi connectivity index (χ3v) is 14.3. The van der Waals surface area contributed by atoms with Crippen LogP contribution in [0.25, 0.3) is 22.8 Å². The molecule has 4 aromatic heterocycles. The maximum atomic E-state index is 15.0. The fourth-order valence-corrected chi connectivity index (χ4v) is 10.2. The maximum Gasteiger partial charge on any atom is 0.185 e. The normalized spacial score (nSPS) is 22.2. The second kappa shape index (κ2) is 18.4. The van der Waals surface area contributed by atoms with Gasteiger partial charge >= 0.3 is 0 Å². The Hall–Kier alpha value is -6.80. The van der Waals surface area contributed by atoms with Gasteiger partial charge in [0.25, 0.3) is 0 Å². The molecule has 0 saturated heterocycles. The molecule has 5 aliphatic rings. The zero-order valence-corrected chi connectivity index (χ0v) is 40.5. The van der Waals surface area contributed by atoms with Gasteiger partial charge < -0.3 is 0 Å². The van der Waals surface area contributed by atoms with E-state index in [0.717, 1.165) is 67.3 Å². The van der Waals surface area contributed by atoms with Crippen molar-refractivity contribution in [3.8, 4) is 22.8 Å². The number of Topliss-reactive ketones (excluding diaryl/α,β-unsaturated/α-hetero) is 2. The number of carbonyl (C=O) groups is 4. The van der Waals surface area contributed by atoms with Crippen LogP contribution in [0, 0.1) is 48.3 Å². The summed E-state index contributed by atoms with van der Waals surface area (Å²) in [4.78, 5) is 76.5. The average molecular weight is 901 g/mol. The molecule has 68 heavy (non-hydrogen) atoms. The summed E-state index contributed by atoms with van der Waals surface area (Å²) in [6.45, 7) is 17.1. The summed E-state index contributed by atoms with van der Waals surface area (Å²) in [5, 5.41) is 0. The summed E-state index contributed by atoms with van der Waals surface area (Å²) in [5.74, 6) is -1.13. The van der Waals surface area contributed by atoms with Gasteiger partial charge in [0.05, 0.1) is 22.8 Å². The highest BCUT2D eigenvalue weighted by atomic mass is 16.1. The zero-order valence-electron chi connectivity index (χ0n) is 40.5. The molecule has 0 aliphatic heterocycles. The molecule has 8 nitrogen and oxygen atoms in total. The van der Waals surface area contributed by atoms with Gasteiger partial charge in [-0.1, -0.05) is 112 Å². The van der Waals surface area contributed by atoms with Crippen LogP contribution >= 0.6 is 0 Å². The first-order valence-corrected chi connectivity index (χ1v) is 23.9. The van der Waals surface area contributed by atoms with Gasteiger partial charge in [0.1, 0.15) is 0 Å². The second-order valence-corrected chi connectivity index (χ2v) is 21.7. The average Bonchev–Trinajstić information content (AvgIpc) is 3.28. The summed E-state index contributed by atoms with van der Waals surface area (Å²) >= 11 is 0. The van der Waals surface area contributed by atoms with Crippen molar-refractivity contribution in [2.75, 3.05) is 0 Å². The second-order valence-electron chi connectivity index (χ2n) is 21.7. The SMILES string of the molecule is Cc1ccc(-c2ccc(CC3C4=CC(C(C)(C)C)C=C3CC3=CC(=O)C=C(CC5=CC(C(C)(C)C)C=C(CC6=CC(=O)C=C(C4)C6=O)C5Cc4ccc(-c5ccc(C)cn5)nc4)C3=O)cn2)nc1. The minimum absolute atomic E-state index is 0.0350. The van der Waals surface area contributed by atoms with Crippen LogP contribution in [0.5, 0.6) is 0 Å². The van der Waals surface area contributed by atoms with Crippen molar-refractivity contribution in [2.24, 2.45) is 34.5 Å². The van der Waals surface area contributed by atoms with Crippen LogP contribution in [0.3, 0.4) is 0 Å². The lowest BCUT2D eigenvalue weighted by Gasteiger charge is -2.37. The van der Waals surface area contributed by atoms with Gasteiger partial charge in [-0.15, -0.1) is 0 Å². The Labute approximate surface area is 400 Å². The monoisotopic (exact) mass is 900 g/mol. The zero-order chi connectivity index (χ0) is 48.1. The molecule has 1 fully saturated rings. The first kappa shape index (κ1) is 46.3. The molecule has 5 aliphatic carbocycles. The van der Waals surface area contributed by atoms with Crippen LogP contribution < -0.4 is 0 Å². The Kier molecular flexibility index (Phi) is 12.5. The fourth-order valence-electron chi connectivity index (χ4n) is 10.2. The lowest BCUT2D eigenvalue weighted by Crippen LogP contribution is -2.29. The van der Waals surface area contributed by atoms with E-state index in [1.54, 1.807) is 0 Å². The molecule has 8 heteroatoms. The van der Waals surface area contributed by atoms with Gasteiger partial charge in [-0.2, -0.15) is 0 Å². The Balaban J connectivity index is 1.12. The lowest BCUT2D eigenvalue weighted by molar-refractivity contribution is -0.115. The Bertz CT molecular complexity index is 2680. The van der Waals surface area contributed by atoms with E-state index >= 15 is 0 Å². The van der Waals surface area contributed by atoms with Gasteiger partial charge in [-0.05, 0) is 134 Å². The molecular weight excluding hydrogens is 841 g/mol. The summed E-state index contributed by atoms with van der Waals surface area (Å²) in [6.07, 6.45) is 24.8. The van der Waals surface area contributed by atoms with Crippen molar-refractivity contribution >= 4 is 23.1 Å². The van der Waals surface area contributed by atoms with Crippen molar-refractivity contribution in [1.82, 2.24) is 19.9 Å². The van der Waals surface area contributed by atoms with Crippen molar-refractivity contribution in [1.29, 1.82) is 0 Å². The summed E-state index contributed by atoms with van der Waals surface area (Å²) in [5.41, 5.74) is 12.7. The summed E-state index contributed by atoms with van der Waals surface area (Å²) < 4.78 is 0. The van der Waals surface area contributed by atoms with Crippen molar-refractivity contribution < 1.29 is 19.2 Å². The highest BCUT2D eigenvalue weighted by molar-refractivity contribution is 6.21. The first-order chi connectivity index (χ1) is 32.3. The molecule has 0 atom stereocenters. The van der Waals surface area contributed by atoms with E-state index in [4.69, 9.17) is 9.97 Å². The number of ketones is 4. The minimum Gasteiger partial charge on any atom is -0.290 e. The Morgan fingerprint density at radius 1 is 0.426 bits per heavy atom. The highest BCUT2D eigenvalue weighted by Gasteiger charge is 2.38. The Morgan fingerprint density at radius 2 is 0.721 bits per heavy atom. The topological polar surface area (TPSA) is 120 Å². The maximum absolute atomic E-state index is 15.0. The first-order valence-electron chi connectivity index (χ1n) is 23.9. The molecule has 0 spiro atoms. The number of aromatic nitrogens is 4. The minimum atomic E-state index is -0.230. The van der Waals surface area contributed by atoms with E-state index in [0.29, 0.717) is 35.1 Å². The predicted octanol–water partition coefficient (Wildman–Crippen LogP) is 11.9. The third kappa shape index (κ3) is 10.1. The molecule has 4 aromatic rings. The third-order valence-electron chi connectivity index (χ3n) is 14.3. The van der Waals surface area contributed by atoms with Crippen molar-refractivity contribution in [2.45, 2.75) is 93.9 Å². The molecular formula is C60H60N4O4. The molecule has 9 rings (SSSR count). The van der Waals surface area contributed by atoms with Crippen molar-refractivity contribution in [3.05, 3.63) is 189 Å². The largest absolute Gasteiger partial charge is 0.290 e. The number of fused-ring (bicyclic) bond motifs is 8. The van der Waals surface area contributed by atoms with Gasteiger partial charge in [0.2, 0.25) is 0 Å². The summed E-state index contributed by atoms with van der Waals surface area (Å²) in [6, 6.07) is 16.1. The van der Waals surface area contributed by atoms with Crippen LogP contribution in [0.2, 0.25) is 0 Å². The number of hydrogen-bond acceptors (Lipinski definition) is 8. The van der Waals surface area contributed by atoms with Gasteiger partial charge in [0.15, 0.2) is 23.1 Å². The van der Waals surface area contributed by atoms with E-state index in [1.807, 2.05) is 75.0 Å². The number of allylic oxidation sites excluding steroid dienone is 16. The van der Waals surface area contributed by atoms with E-state index in [-0.39, 0.29) is 83.3 Å². The lowest BCUT2D eigenvalue weighted by atomic mass is 9.67. The number of nitrogens with zero attached hydrogens (tertiary/aromatic N) is 4. The van der Waals surface area contributed by atoms with Gasteiger partial charge in [-0.25, -0.2) is 0 Å². The van der Waals surface area contributed by atoms with E-state index in [1.165, 1.54) is 24.3 Å². The molecule has 344 valence electrons. The fraction of sp³-hybridized carbons (Fsp3) is 0.333. The Morgan fingerprint density at radius 3 is 0.971 bits per heavy atom. The van der Waals surface area contributed by atoms with E-state index < -0.39 is 0 Å². The van der Waals surface area contributed by atoms with Gasteiger partial charge in [0, 0.05) is 70.8 Å². The van der Waals surface area contributed by atoms with E-state index in [2.05, 4.69) is 87.9 Å². The van der Waals surface area contributed by atoms with E-state index in [9.17, 15) is 19.2 Å². The molecule has 0 amide bonds. The van der Waals surface area contributed by atoms with Crippen LogP contribution in [0.1, 0.15) is 89.5 Å². The predicted molar refractivity (Wildman–Crippen MR) is 268 cm³/mol. The molecule has 0 aromatic carbocycles. The smallest absolute Gasteiger partial charge is 0.185 e. The van der Waals surface area contributed by atoms with Crippen LogP contribution in [0.15, 0.2) is 167 Å². The number of carbonyl (C=O) groups excluding carboxylic acids is 4.